The molecule has 4 aliphatic heterocycles. The van der Waals surface area contributed by atoms with Crippen molar-refractivity contribution in [3.63, 3.8) is 0 Å². The van der Waals surface area contributed by atoms with Crippen molar-refractivity contribution in [3.8, 4) is 0 Å². The van der Waals surface area contributed by atoms with Gasteiger partial charge >= 0.3 is 5.97 Å². The van der Waals surface area contributed by atoms with Gasteiger partial charge in [-0.05, 0) is 85.8 Å². The van der Waals surface area contributed by atoms with E-state index in [2.05, 4.69) is 98.2 Å². The molecule has 0 aromatic carbocycles. The Labute approximate surface area is 671 Å². The number of thioether (sulfide) groups is 1. The number of carbonyl (C=O) groups is 12. The van der Waals surface area contributed by atoms with Crippen LogP contribution in [0.5, 0.6) is 0 Å². The van der Waals surface area contributed by atoms with E-state index >= 15 is 14.4 Å². The number of hydrogen-bond donors (Lipinski definition) is 17. The number of fused-ring (bicyclic) bond motifs is 7. The molecule has 11 amide bonds. The van der Waals surface area contributed by atoms with Gasteiger partial charge in [0.1, 0.15) is 113 Å². The summed E-state index contributed by atoms with van der Waals surface area (Å²) in [5.74, 6) is -12.2. The molecule has 0 fully saturated rings. The number of hydrogen-bond acceptors (Lipinski definition) is 31. The van der Waals surface area contributed by atoms with E-state index in [1.54, 1.807) is 26.8 Å². The molecule has 0 saturated heterocycles. The molecule has 18 N–H and O–H groups in total. The van der Waals surface area contributed by atoms with Crippen LogP contribution in [0.2, 0.25) is 0 Å². The number of pyridine rings is 1. The van der Waals surface area contributed by atoms with Gasteiger partial charge in [0.2, 0.25) is 29.5 Å². The first-order valence-electron chi connectivity index (χ1n) is 35.6. The lowest BCUT2D eigenvalue weighted by molar-refractivity contribution is -0.131. The van der Waals surface area contributed by atoms with Crippen LogP contribution in [0.4, 0.5) is 0 Å². The average Bonchev–Trinajstić information content (AvgIpc) is 1.50. The molecule has 5 aromatic rings. The van der Waals surface area contributed by atoms with E-state index in [4.69, 9.17) is 25.4 Å². The second-order valence-electron chi connectivity index (χ2n) is 27.8. The number of ether oxygens (including phenoxy) is 1. The van der Waals surface area contributed by atoms with Gasteiger partial charge in [0.05, 0.1) is 70.3 Å². The minimum atomic E-state index is -2.21. The Morgan fingerprint density at radius 3 is 2.12 bits per heavy atom. The number of nitrogens with two attached hydrogens (primary N) is 1. The Hall–Kier alpha value is -10.5. The predicted octanol–water partition coefficient (Wildman–Crippen LogP) is 0.774. The number of thiazole rings is 4. The van der Waals surface area contributed by atoms with Gasteiger partial charge in [0.25, 0.3) is 35.4 Å². The van der Waals surface area contributed by atoms with Gasteiger partial charge in [-0.2, -0.15) is 0 Å². The summed E-state index contributed by atoms with van der Waals surface area (Å²) in [4.78, 5) is 204. The molecule has 114 heavy (non-hydrogen) atoms. The van der Waals surface area contributed by atoms with Crippen LogP contribution in [0, 0.1) is 5.92 Å². The lowest BCUT2D eigenvalue weighted by Crippen LogP contribution is -2.57. The monoisotopic (exact) mass is 1660 g/mol. The van der Waals surface area contributed by atoms with Gasteiger partial charge in [-0.1, -0.05) is 58.2 Å². The Bertz CT molecular complexity index is 4880. The number of carbonyl (C=O) groups excluding carboxylic acids is 12. The summed E-state index contributed by atoms with van der Waals surface area (Å²) in [5.41, 5.74) is -1.79. The topological polar surface area (TPSA) is 563 Å². The number of cyclic esters (lactones) is 1. The quantitative estimate of drug-likeness (QED) is 0.0606. The summed E-state index contributed by atoms with van der Waals surface area (Å²) in [6.45, 7) is 24.9. The van der Waals surface area contributed by atoms with Crippen molar-refractivity contribution in [1.82, 2.24) is 83.4 Å². The highest BCUT2D eigenvalue weighted by atomic mass is 32.2. The highest BCUT2D eigenvalue weighted by Crippen LogP contribution is 2.48. The molecule has 3 unspecified atom stereocenters. The second-order valence-corrected chi connectivity index (χ2v) is 32.3. The fourth-order valence-electron chi connectivity index (χ4n) is 12.3. The van der Waals surface area contributed by atoms with Crippen LogP contribution in [0.25, 0.3) is 6.08 Å². The minimum Gasteiger partial charge on any atom is -0.455 e. The smallest absolute Gasteiger partial charge is 0.357 e. The summed E-state index contributed by atoms with van der Waals surface area (Å²) in [7, 11) is 0. The molecule has 606 valence electrons. The van der Waals surface area contributed by atoms with Crippen LogP contribution < -0.4 is 64.2 Å². The summed E-state index contributed by atoms with van der Waals surface area (Å²) in [6, 6.07) is -11.6. The molecule has 5 aliphatic rings. The summed E-state index contributed by atoms with van der Waals surface area (Å²) in [6.07, 6.45) is -3.18. The molecular weight excluding hydrogens is 1580 g/mol. The molecule has 42 heteroatoms. The number of allylic oxidation sites excluding steroid dienone is 1. The second kappa shape index (κ2) is 35.5. The number of aliphatic hydroxyl groups is 5. The highest BCUT2D eigenvalue weighted by Gasteiger charge is 2.51. The standard InChI is InChI=1S/C72H85N19O18S5/c1-14-26(3)47-63(105)78-30(7)57(99)75-28(5)56(98)76-31(8)58(100)91-72-19-18-40(66-85-43(22-111-66)59(101)77-29(6)55(97)74-27(4)54(73)96)81-52(72)42-21-112-67(83-42)49(34(11)109-69(107)41-20-37(32(9)92)36-16-17-39(79-47)51(95)50(36)80-41)89-60(102)44-24-113-68(86-44)53(71(13,108)35(12)94)90-62(104)45-23-110-65(84-45)38(15-2)82-64(106)48(33(10)93)88-61(103)46-25-114-70(72)87-46/h15-17,20-22,24-26,30-35,39,45,47-49,51-53,79,92-95,108H,4-6,14,18-19,23H2,1-3,7-13H3,(H2,73,96)(H,74,97)(H,75,99)(H,76,98)(H,77,101)(H,78,105)(H,82,106)(H,88,103)(H,89,102)(H,90,104)(H,91,100)/b38-15+/t26?,30-,31-,32-,33+,34+,35+,39+,45?,47-,48-,49?,51+,52-,53+,71-,72+/m0/s1. The van der Waals surface area contributed by atoms with Crippen molar-refractivity contribution in [2.45, 2.75) is 185 Å². The number of amides is 11. The van der Waals surface area contributed by atoms with E-state index in [0.717, 1.165) is 57.1 Å². The van der Waals surface area contributed by atoms with E-state index in [-0.39, 0.29) is 94.7 Å². The lowest BCUT2D eigenvalue weighted by Gasteiger charge is -2.41. The zero-order valence-corrected chi connectivity index (χ0v) is 67.1. The van der Waals surface area contributed by atoms with Gasteiger partial charge < -0.3 is 89.2 Å². The zero-order chi connectivity index (χ0) is 83.4. The minimum absolute atomic E-state index is 0.0158. The maximum absolute atomic E-state index is 15.4. The van der Waals surface area contributed by atoms with Crippen LogP contribution in [0.3, 0.4) is 0 Å². The largest absolute Gasteiger partial charge is 0.455 e. The van der Waals surface area contributed by atoms with E-state index in [0.29, 0.717) is 6.42 Å². The van der Waals surface area contributed by atoms with Crippen molar-refractivity contribution >= 4 is 145 Å². The predicted molar refractivity (Wildman–Crippen MR) is 418 cm³/mol. The summed E-state index contributed by atoms with van der Waals surface area (Å²) in [5, 5.41) is 92.2. The van der Waals surface area contributed by atoms with Gasteiger partial charge in [0, 0.05) is 32.8 Å². The highest BCUT2D eigenvalue weighted by molar-refractivity contribution is 8.14. The van der Waals surface area contributed by atoms with E-state index in [1.165, 1.54) is 88.2 Å². The number of nitrogens with one attached hydrogen (secondary N) is 11. The van der Waals surface area contributed by atoms with Crippen molar-refractivity contribution in [2.75, 3.05) is 5.75 Å². The third-order valence-corrected chi connectivity index (χ3v) is 24.3. The number of rotatable bonds is 12. The first kappa shape index (κ1) is 85.9. The average molecular weight is 1660 g/mol. The Balaban J connectivity index is 1.18. The number of aliphatic imine (C=N–C) groups is 2. The van der Waals surface area contributed by atoms with Gasteiger partial charge in [0.15, 0.2) is 0 Å². The zero-order valence-electron chi connectivity index (χ0n) is 63.0. The third-order valence-electron chi connectivity index (χ3n) is 19.5. The van der Waals surface area contributed by atoms with Crippen LogP contribution >= 0.6 is 57.1 Å². The van der Waals surface area contributed by atoms with Crippen LogP contribution in [-0.2, 0) is 48.6 Å². The van der Waals surface area contributed by atoms with Crippen LogP contribution in [0.1, 0.15) is 203 Å². The first-order chi connectivity index (χ1) is 53.7. The molecule has 17 atom stereocenters. The number of esters is 1. The number of primary amides is 1. The number of aromatic nitrogens is 5. The maximum Gasteiger partial charge on any atom is 0.357 e. The molecular formula is C72H85N19O18S5. The molecule has 1 aliphatic carbocycles. The molecule has 0 spiro atoms. The van der Waals surface area contributed by atoms with Crippen molar-refractivity contribution in [1.29, 1.82) is 0 Å². The van der Waals surface area contributed by atoms with Gasteiger partial charge in [-0.3, -0.25) is 68.0 Å². The lowest BCUT2D eigenvalue weighted by atomic mass is 9.80. The van der Waals surface area contributed by atoms with E-state index in [1.807, 2.05) is 0 Å². The van der Waals surface area contributed by atoms with E-state index in [9.17, 15) is 68.7 Å². The van der Waals surface area contributed by atoms with E-state index < -0.39 is 196 Å². The van der Waals surface area contributed by atoms with Crippen LogP contribution in [0.15, 0.2) is 92.2 Å². The summed E-state index contributed by atoms with van der Waals surface area (Å²) < 4.78 is 6.26. The normalized spacial score (nSPS) is 26.9. The third kappa shape index (κ3) is 18.6. The molecule has 10 rings (SSSR count). The van der Waals surface area contributed by atoms with Crippen molar-refractivity contribution < 1.29 is 87.8 Å². The molecule has 9 heterocycles. The Morgan fingerprint density at radius 2 is 1.45 bits per heavy atom. The SMILES string of the molecule is C=C(NC(=O)C(=C)NC(=O)c1csc(C2=N[C@H]3c4csc(n4)C4NC(=O)c5csc(n5)[C@H]([C@@](C)(O)[C@@H](C)O)NC(=O)C5CSC(=N5)/C(=C\C)NC(=O)[C@H]([C@@H](C)O)NC(=O)c5csc(n5)[C@]3(CC2)NC(=O)[C@H](C)NC(=O)C(=C)NC(=O)[C@H](C)NC(=O)[C@H](C(C)CC)N[C@@H]2C=Cc3c([C@H](C)O)cc(nc3[C@@H]2O)C(=O)O[C@@H]4C)n1)C(N)=O. The van der Waals surface area contributed by atoms with Crippen LogP contribution in [-0.4, -0.2) is 198 Å². The fourth-order valence-corrected chi connectivity index (χ4v) is 17.2. The first-order valence-corrected chi connectivity index (χ1v) is 40.1. The van der Waals surface area contributed by atoms with Crippen molar-refractivity contribution in [3.05, 3.63) is 148 Å². The van der Waals surface area contributed by atoms with Crippen molar-refractivity contribution in [2.24, 2.45) is 21.6 Å². The maximum atomic E-state index is 15.4. The molecule has 5 aromatic heterocycles. The Morgan fingerprint density at radius 1 is 0.763 bits per heavy atom. The molecule has 13 bridgehead atoms. The number of nitrogens with zero attached hydrogens (tertiary/aromatic N) is 7. The molecule has 37 nitrogen and oxygen atoms in total. The molecule has 0 radical (unpaired) electrons. The molecule has 0 saturated carbocycles. The van der Waals surface area contributed by atoms with Gasteiger partial charge in [-0.15, -0.1) is 57.1 Å². The van der Waals surface area contributed by atoms with Gasteiger partial charge in [-0.25, -0.2) is 29.7 Å². The fraction of sp³-hybridized carbons (Fsp3) is 0.431. The summed E-state index contributed by atoms with van der Waals surface area (Å²) >= 11 is 4.42. The Kier molecular flexibility index (Phi) is 26.7. The number of aliphatic hydroxyl groups excluding tert-OH is 4.